The summed E-state index contributed by atoms with van der Waals surface area (Å²) in [5.74, 6) is 0.432. The summed E-state index contributed by atoms with van der Waals surface area (Å²) in [6.45, 7) is 1.73. The average Bonchev–Trinajstić information content (AvgIpc) is 3.32. The van der Waals surface area contributed by atoms with E-state index in [4.69, 9.17) is 4.74 Å². The van der Waals surface area contributed by atoms with E-state index in [1.54, 1.807) is 0 Å². The van der Waals surface area contributed by atoms with Crippen LogP contribution in [0, 0.1) is 5.92 Å². The predicted octanol–water partition coefficient (Wildman–Crippen LogP) is 3.36. The summed E-state index contributed by atoms with van der Waals surface area (Å²) in [4.78, 5) is 10.9. The molecular formula is C15H16F3N3O2. The third-order valence-corrected chi connectivity index (χ3v) is 3.99. The summed E-state index contributed by atoms with van der Waals surface area (Å²) >= 11 is 0. The zero-order valence-electron chi connectivity index (χ0n) is 12.4. The van der Waals surface area contributed by atoms with Crippen LogP contribution in [-0.4, -0.2) is 24.5 Å². The fourth-order valence-corrected chi connectivity index (χ4v) is 2.50. The van der Waals surface area contributed by atoms with Gasteiger partial charge in [-0.1, -0.05) is 6.07 Å². The van der Waals surface area contributed by atoms with Gasteiger partial charge in [0.2, 0.25) is 0 Å². The molecule has 0 spiro atoms. The molecule has 3 rings (SSSR count). The lowest BCUT2D eigenvalue weighted by Crippen LogP contribution is -2.31. The van der Waals surface area contributed by atoms with Gasteiger partial charge in [0.25, 0.3) is 0 Å². The van der Waals surface area contributed by atoms with Gasteiger partial charge in [0.15, 0.2) is 0 Å². The molecule has 1 aromatic carbocycles. The average molecular weight is 327 g/mol. The quantitative estimate of drug-likeness (QED) is 0.891. The molecule has 1 atom stereocenters. The normalized spacial score (nSPS) is 19.5. The Balaban J connectivity index is 1.90. The van der Waals surface area contributed by atoms with Crippen LogP contribution in [0.15, 0.2) is 23.3 Å². The number of hydrogen-bond donors (Lipinski definition) is 2. The SMILES string of the molecule is C[C@@H](Nc1ccc(C2=NNC(=O)OC2)cc1C(F)(F)F)C1CC1. The van der Waals surface area contributed by atoms with Crippen molar-refractivity contribution in [2.24, 2.45) is 11.0 Å². The molecule has 1 fully saturated rings. The summed E-state index contributed by atoms with van der Waals surface area (Å²) in [6.07, 6.45) is -3.12. The Morgan fingerprint density at radius 1 is 1.39 bits per heavy atom. The molecule has 5 nitrogen and oxygen atoms in total. The Hall–Kier alpha value is -2.25. The maximum absolute atomic E-state index is 13.3. The first-order valence-corrected chi connectivity index (χ1v) is 7.32. The highest BCUT2D eigenvalue weighted by Gasteiger charge is 2.36. The number of alkyl halides is 3. The van der Waals surface area contributed by atoms with Crippen LogP contribution in [-0.2, 0) is 10.9 Å². The number of nitrogens with one attached hydrogen (secondary N) is 2. The van der Waals surface area contributed by atoms with E-state index in [0.29, 0.717) is 5.92 Å². The van der Waals surface area contributed by atoms with Crippen molar-refractivity contribution in [2.75, 3.05) is 11.9 Å². The van der Waals surface area contributed by atoms with E-state index < -0.39 is 17.8 Å². The number of cyclic esters (lactones) is 1. The fraction of sp³-hybridized carbons (Fsp3) is 0.467. The number of nitrogens with zero attached hydrogens (tertiary/aromatic N) is 1. The predicted molar refractivity (Wildman–Crippen MR) is 78.3 cm³/mol. The van der Waals surface area contributed by atoms with Crippen LogP contribution in [0.5, 0.6) is 0 Å². The first-order chi connectivity index (χ1) is 10.8. The van der Waals surface area contributed by atoms with E-state index in [2.05, 4.69) is 15.8 Å². The number of carbonyl (C=O) groups excluding carboxylic acids is 1. The molecule has 1 saturated carbocycles. The van der Waals surface area contributed by atoms with E-state index in [9.17, 15) is 18.0 Å². The molecule has 1 aliphatic carbocycles. The summed E-state index contributed by atoms with van der Waals surface area (Å²) in [5.41, 5.74) is 1.91. The topological polar surface area (TPSA) is 62.7 Å². The second kappa shape index (κ2) is 5.75. The Morgan fingerprint density at radius 3 is 2.70 bits per heavy atom. The van der Waals surface area contributed by atoms with Gasteiger partial charge in [0.1, 0.15) is 12.3 Å². The highest BCUT2D eigenvalue weighted by molar-refractivity contribution is 6.04. The lowest BCUT2D eigenvalue weighted by molar-refractivity contribution is -0.137. The number of hydrazone groups is 1. The number of hydrogen-bond acceptors (Lipinski definition) is 4. The largest absolute Gasteiger partial charge is 0.442 e. The van der Waals surface area contributed by atoms with Crippen molar-refractivity contribution >= 4 is 17.5 Å². The van der Waals surface area contributed by atoms with Crippen molar-refractivity contribution in [3.05, 3.63) is 29.3 Å². The van der Waals surface area contributed by atoms with Crippen LogP contribution in [0.2, 0.25) is 0 Å². The van der Waals surface area contributed by atoms with Crippen LogP contribution in [0.1, 0.15) is 30.9 Å². The van der Waals surface area contributed by atoms with Crippen LogP contribution in [0.4, 0.5) is 23.7 Å². The molecule has 0 bridgehead atoms. The molecule has 0 aromatic heterocycles. The summed E-state index contributed by atoms with van der Waals surface area (Å²) < 4.78 is 44.8. The lowest BCUT2D eigenvalue weighted by Gasteiger charge is -2.21. The van der Waals surface area contributed by atoms with Crippen molar-refractivity contribution in [1.29, 1.82) is 0 Å². The summed E-state index contributed by atoms with van der Waals surface area (Å²) in [6, 6.07) is 3.96. The van der Waals surface area contributed by atoms with E-state index in [-0.39, 0.29) is 29.6 Å². The van der Waals surface area contributed by atoms with Crippen molar-refractivity contribution in [3.63, 3.8) is 0 Å². The van der Waals surface area contributed by atoms with Crippen LogP contribution >= 0.6 is 0 Å². The van der Waals surface area contributed by atoms with Gasteiger partial charge in [-0.25, -0.2) is 10.2 Å². The molecule has 2 N–H and O–H groups in total. The molecule has 124 valence electrons. The highest BCUT2D eigenvalue weighted by atomic mass is 19.4. The molecule has 1 heterocycles. The minimum Gasteiger partial charge on any atom is -0.442 e. The fourth-order valence-electron chi connectivity index (χ4n) is 2.50. The smallest absolute Gasteiger partial charge is 0.428 e. The first kappa shape index (κ1) is 15.6. The maximum Gasteiger partial charge on any atom is 0.428 e. The minimum atomic E-state index is -4.49. The van der Waals surface area contributed by atoms with Gasteiger partial charge in [-0.2, -0.15) is 18.3 Å². The highest BCUT2D eigenvalue weighted by Crippen LogP contribution is 2.39. The first-order valence-electron chi connectivity index (χ1n) is 7.32. The second-order valence-corrected chi connectivity index (χ2v) is 5.77. The van der Waals surface area contributed by atoms with Crippen molar-refractivity contribution in [2.45, 2.75) is 32.0 Å². The number of anilines is 1. The maximum atomic E-state index is 13.3. The van der Waals surface area contributed by atoms with Crippen molar-refractivity contribution in [3.8, 4) is 0 Å². The number of rotatable bonds is 4. The molecule has 0 saturated heterocycles. The Morgan fingerprint density at radius 2 is 2.13 bits per heavy atom. The molecule has 23 heavy (non-hydrogen) atoms. The Kier molecular flexibility index (Phi) is 3.91. The third-order valence-electron chi connectivity index (χ3n) is 3.99. The standard InChI is InChI=1S/C15H16F3N3O2/c1-8(9-2-3-9)19-12-5-4-10(6-11(12)15(16,17)18)13-7-23-14(22)21-20-13/h4-6,8-9,19H,2-3,7H2,1H3,(H,21,22)/t8-/m1/s1. The number of halogens is 3. The van der Waals surface area contributed by atoms with Gasteiger partial charge in [-0.15, -0.1) is 0 Å². The van der Waals surface area contributed by atoms with Gasteiger partial charge in [0.05, 0.1) is 5.56 Å². The number of carbonyl (C=O) groups is 1. The molecule has 1 amide bonds. The Bertz CT molecular complexity index is 654. The zero-order chi connectivity index (χ0) is 16.6. The van der Waals surface area contributed by atoms with E-state index in [1.165, 1.54) is 12.1 Å². The second-order valence-electron chi connectivity index (χ2n) is 5.77. The van der Waals surface area contributed by atoms with E-state index >= 15 is 0 Å². The van der Waals surface area contributed by atoms with Gasteiger partial charge in [0, 0.05) is 17.3 Å². The zero-order valence-corrected chi connectivity index (χ0v) is 12.4. The van der Waals surface area contributed by atoms with Crippen molar-refractivity contribution < 1.29 is 22.7 Å². The van der Waals surface area contributed by atoms with Crippen LogP contribution < -0.4 is 10.7 Å². The van der Waals surface area contributed by atoms with Gasteiger partial charge < -0.3 is 10.1 Å². The monoisotopic (exact) mass is 327 g/mol. The number of ether oxygens (including phenoxy) is 1. The van der Waals surface area contributed by atoms with E-state index in [0.717, 1.165) is 18.9 Å². The number of amides is 1. The molecule has 2 aliphatic rings. The molecule has 8 heteroatoms. The molecule has 1 aromatic rings. The van der Waals surface area contributed by atoms with Gasteiger partial charge in [-0.05, 0) is 37.8 Å². The summed E-state index contributed by atoms with van der Waals surface area (Å²) in [5, 5.41) is 6.69. The van der Waals surface area contributed by atoms with Gasteiger partial charge in [-0.3, -0.25) is 0 Å². The van der Waals surface area contributed by atoms with Gasteiger partial charge >= 0.3 is 12.3 Å². The molecule has 1 aliphatic heterocycles. The van der Waals surface area contributed by atoms with Crippen LogP contribution in [0.3, 0.4) is 0 Å². The van der Waals surface area contributed by atoms with Crippen LogP contribution in [0.25, 0.3) is 0 Å². The molecule has 0 radical (unpaired) electrons. The lowest BCUT2D eigenvalue weighted by atomic mass is 10.0. The molecule has 0 unspecified atom stereocenters. The summed E-state index contributed by atoms with van der Waals surface area (Å²) in [7, 11) is 0. The number of benzene rings is 1. The van der Waals surface area contributed by atoms with E-state index in [1.807, 2.05) is 6.92 Å². The van der Waals surface area contributed by atoms with Crippen molar-refractivity contribution in [1.82, 2.24) is 5.43 Å². The third kappa shape index (κ3) is 3.57. The minimum absolute atomic E-state index is 0.00315. The molecular weight excluding hydrogens is 311 g/mol. The Labute approximate surface area is 130 Å².